The number of para-hydroxylation sites is 6. The van der Waals surface area contributed by atoms with Crippen LogP contribution in [0.5, 0.6) is 0 Å². The Kier molecular flexibility index (Phi) is 13.4. The van der Waals surface area contributed by atoms with E-state index in [1.165, 1.54) is 81.8 Å². The maximum Gasteiger partial charge on any atom is 0.160 e. The van der Waals surface area contributed by atoms with E-state index >= 15 is 0 Å². The first-order chi connectivity index (χ1) is 48.6. The predicted octanol–water partition coefficient (Wildman–Crippen LogP) is 22.8. The Balaban J connectivity index is 0.000000137. The third-order valence-corrected chi connectivity index (χ3v) is 19.3. The van der Waals surface area contributed by atoms with E-state index in [4.69, 9.17) is 19.9 Å². The summed E-state index contributed by atoms with van der Waals surface area (Å²) in [5.74, 6) is 1.42. The average Bonchev–Trinajstić information content (AvgIpc) is 1.58. The lowest BCUT2D eigenvalue weighted by atomic mass is 9.99. The van der Waals surface area contributed by atoms with Crippen molar-refractivity contribution >= 4 is 98.0 Å². The van der Waals surface area contributed by atoms with Gasteiger partial charge in [0.1, 0.15) is 0 Å². The first kappa shape index (κ1) is 56.3. The van der Waals surface area contributed by atoms with Crippen molar-refractivity contribution in [2.75, 3.05) is 0 Å². The highest BCUT2D eigenvalue weighted by molar-refractivity contribution is 6.20. The second kappa shape index (κ2) is 23.3. The molecular formula is C90H58N8. The molecule has 0 radical (unpaired) electrons. The van der Waals surface area contributed by atoms with Gasteiger partial charge in [0.25, 0.3) is 0 Å². The molecule has 0 spiro atoms. The number of benzene rings is 14. The van der Waals surface area contributed by atoms with E-state index in [0.29, 0.717) is 11.6 Å². The average molecular weight is 1250 g/mol. The summed E-state index contributed by atoms with van der Waals surface area (Å²) in [6.45, 7) is 0. The Morgan fingerprint density at radius 2 is 0.633 bits per heavy atom. The van der Waals surface area contributed by atoms with Gasteiger partial charge in [0.05, 0.1) is 55.5 Å². The highest BCUT2D eigenvalue weighted by Crippen LogP contribution is 2.42. The normalized spacial score (nSPS) is 11.7. The molecule has 0 aliphatic carbocycles. The molecule has 8 heteroatoms. The van der Waals surface area contributed by atoms with Crippen LogP contribution in [0.3, 0.4) is 0 Å². The molecule has 98 heavy (non-hydrogen) atoms. The van der Waals surface area contributed by atoms with Gasteiger partial charge in [0.2, 0.25) is 0 Å². The van der Waals surface area contributed by atoms with Gasteiger partial charge in [-0.15, -0.1) is 0 Å². The van der Waals surface area contributed by atoms with Crippen LogP contribution in [0.25, 0.3) is 177 Å². The number of fused-ring (bicyclic) bond motifs is 13. The van der Waals surface area contributed by atoms with Gasteiger partial charge in [-0.1, -0.05) is 212 Å². The zero-order valence-electron chi connectivity index (χ0n) is 53.1. The van der Waals surface area contributed by atoms with E-state index in [0.717, 1.165) is 83.8 Å². The van der Waals surface area contributed by atoms with Gasteiger partial charge in [-0.05, 0) is 149 Å². The lowest BCUT2D eigenvalue weighted by Crippen LogP contribution is -1.97. The van der Waals surface area contributed by atoms with Gasteiger partial charge < -0.3 is 18.3 Å². The predicted molar refractivity (Wildman–Crippen MR) is 406 cm³/mol. The molecule has 0 aliphatic rings. The maximum atomic E-state index is 5.24. The van der Waals surface area contributed by atoms with Gasteiger partial charge in [-0.3, -0.25) is 0 Å². The molecule has 0 unspecified atom stereocenters. The molecule has 0 saturated carbocycles. The quantitative estimate of drug-likeness (QED) is 0.144. The fourth-order valence-corrected chi connectivity index (χ4v) is 14.8. The summed E-state index contributed by atoms with van der Waals surface area (Å²) >= 11 is 0. The zero-order valence-corrected chi connectivity index (χ0v) is 53.1. The van der Waals surface area contributed by atoms with Crippen LogP contribution in [0.2, 0.25) is 0 Å². The maximum absolute atomic E-state index is 5.24. The summed E-state index contributed by atoms with van der Waals surface area (Å²) < 4.78 is 9.33. The fourth-order valence-electron chi connectivity index (χ4n) is 14.8. The van der Waals surface area contributed by atoms with Crippen molar-refractivity contribution in [1.82, 2.24) is 38.2 Å². The van der Waals surface area contributed by atoms with E-state index in [1.807, 2.05) is 18.2 Å². The fraction of sp³-hybridized carbons (Fsp3) is 0. The van der Waals surface area contributed by atoms with E-state index in [2.05, 4.69) is 352 Å². The molecule has 0 aliphatic heterocycles. The molecule has 0 amide bonds. The minimum absolute atomic E-state index is 0.708. The molecule has 14 aromatic carbocycles. The van der Waals surface area contributed by atoms with Gasteiger partial charge >= 0.3 is 0 Å². The van der Waals surface area contributed by atoms with Crippen molar-refractivity contribution in [3.05, 3.63) is 352 Å². The molecule has 6 heterocycles. The van der Waals surface area contributed by atoms with Crippen LogP contribution in [-0.4, -0.2) is 38.2 Å². The van der Waals surface area contributed by atoms with Gasteiger partial charge in [0, 0.05) is 100 Å². The Hall–Kier alpha value is -13.3. The highest BCUT2D eigenvalue weighted by Gasteiger charge is 2.21. The molecule has 20 aromatic rings. The van der Waals surface area contributed by atoms with Crippen molar-refractivity contribution < 1.29 is 0 Å². The third-order valence-electron chi connectivity index (χ3n) is 19.3. The Labute approximate surface area is 564 Å². The number of hydrogen-bond donors (Lipinski definition) is 0. The highest BCUT2D eigenvalue weighted by atomic mass is 15.0. The smallest absolute Gasteiger partial charge is 0.160 e. The van der Waals surface area contributed by atoms with Crippen molar-refractivity contribution in [3.63, 3.8) is 0 Å². The Morgan fingerprint density at radius 3 is 1.18 bits per heavy atom. The number of nitrogens with zero attached hydrogens (tertiary/aromatic N) is 8. The van der Waals surface area contributed by atoms with Crippen LogP contribution in [0.4, 0.5) is 0 Å². The molecule has 0 saturated heterocycles. The van der Waals surface area contributed by atoms with Crippen LogP contribution < -0.4 is 0 Å². The Morgan fingerprint density at radius 1 is 0.214 bits per heavy atom. The minimum Gasteiger partial charge on any atom is -0.316 e. The molecule has 0 N–H and O–H groups in total. The lowest BCUT2D eigenvalue weighted by molar-refractivity contribution is 1.13. The molecule has 458 valence electrons. The lowest BCUT2D eigenvalue weighted by Gasteiger charge is -2.13. The first-order valence-electron chi connectivity index (χ1n) is 33.2. The van der Waals surface area contributed by atoms with Crippen molar-refractivity contribution in [2.45, 2.75) is 0 Å². The molecule has 0 atom stereocenters. The van der Waals surface area contributed by atoms with Crippen LogP contribution in [0.15, 0.2) is 352 Å². The van der Waals surface area contributed by atoms with E-state index in [1.54, 1.807) is 0 Å². The van der Waals surface area contributed by atoms with Crippen molar-refractivity contribution in [3.8, 4) is 79.2 Å². The summed E-state index contributed by atoms with van der Waals surface area (Å²) in [6.07, 6.45) is 4.35. The van der Waals surface area contributed by atoms with Gasteiger partial charge in [0.15, 0.2) is 11.6 Å². The van der Waals surface area contributed by atoms with Crippen LogP contribution >= 0.6 is 0 Å². The molecule has 0 bridgehead atoms. The Bertz CT molecular complexity index is 6460. The van der Waals surface area contributed by atoms with Gasteiger partial charge in [-0.2, -0.15) is 0 Å². The SMILES string of the molecule is c1ccc(-c2cccc(-c3nc(-c4ccc(-n5c6ccccc6c6ccc7c(ccn7-c7ccccc7)c65)cc4)nc4ccccc34)c2)cc1.c1ccc(-n2ccc3c2ccc2c4ccccc4n(-c4ccc(-c5nc(-c6cccc7ccccc67)c6ccccc6n5)cc4)c23)cc1. The second-order valence-electron chi connectivity index (χ2n) is 24.9. The third kappa shape index (κ3) is 9.45. The standard InChI is InChI=1S/C46H30N4.C44H28N4/c1-3-12-31(13-4-1)33-14-11-15-34(30-33)44-39-19-7-9-20-41(39)47-46(48-44)32-22-24-36(25-23-32)50-43-21-10-8-18-37(43)38-26-27-42-40(45(38)50)28-29-49(42)35-16-5-2-6-17-35;1-2-13-31(14-3-1)47-28-27-38-40(47)26-25-36-34-16-7-9-20-41(34)48(43(36)38)32-23-21-30(22-24-32)44-45-39-19-8-6-17-37(39)42(46-44)35-18-10-12-29-11-4-5-15-33(29)35/h1-30H;1-28H. The molecule has 0 fully saturated rings. The topological polar surface area (TPSA) is 71.3 Å². The minimum atomic E-state index is 0.708. The van der Waals surface area contributed by atoms with Crippen molar-refractivity contribution in [2.24, 2.45) is 0 Å². The summed E-state index contributed by atoms with van der Waals surface area (Å²) in [7, 11) is 0. The number of rotatable bonds is 9. The van der Waals surface area contributed by atoms with Crippen LogP contribution in [0.1, 0.15) is 0 Å². The summed E-state index contributed by atoms with van der Waals surface area (Å²) in [6, 6.07) is 120. The van der Waals surface area contributed by atoms with Gasteiger partial charge in [-0.25, -0.2) is 19.9 Å². The monoisotopic (exact) mass is 1250 g/mol. The molecule has 20 rings (SSSR count). The molecule has 8 nitrogen and oxygen atoms in total. The van der Waals surface area contributed by atoms with Crippen molar-refractivity contribution in [1.29, 1.82) is 0 Å². The van der Waals surface area contributed by atoms with E-state index < -0.39 is 0 Å². The largest absolute Gasteiger partial charge is 0.316 e. The summed E-state index contributed by atoms with van der Waals surface area (Å²) in [5.41, 5.74) is 21.8. The first-order valence-corrected chi connectivity index (χ1v) is 33.2. The van der Waals surface area contributed by atoms with Crippen LogP contribution in [0, 0.1) is 0 Å². The zero-order chi connectivity index (χ0) is 64.6. The summed E-state index contributed by atoms with van der Waals surface area (Å²) in [5, 5.41) is 11.9. The number of hydrogen-bond acceptors (Lipinski definition) is 4. The second-order valence-corrected chi connectivity index (χ2v) is 24.9. The van der Waals surface area contributed by atoms with E-state index in [-0.39, 0.29) is 0 Å². The summed E-state index contributed by atoms with van der Waals surface area (Å²) in [4.78, 5) is 20.6. The molecular weight excluding hydrogens is 1190 g/mol. The van der Waals surface area contributed by atoms with Crippen LogP contribution in [-0.2, 0) is 0 Å². The van der Waals surface area contributed by atoms with E-state index in [9.17, 15) is 0 Å². The molecule has 6 aromatic heterocycles. The number of aromatic nitrogens is 8.